The number of aromatic nitrogens is 4. The number of nitrogens with one attached hydrogen (secondary N) is 3. The summed E-state index contributed by atoms with van der Waals surface area (Å²) >= 11 is 0. The van der Waals surface area contributed by atoms with E-state index >= 15 is 0 Å². The first-order chi connectivity index (χ1) is 15.7. The molecule has 0 bridgehead atoms. The molecule has 0 spiro atoms. The zero-order valence-electron chi connectivity index (χ0n) is 17.5. The molecule has 0 radical (unpaired) electrons. The Morgan fingerprint density at radius 1 is 1.12 bits per heavy atom. The van der Waals surface area contributed by atoms with E-state index in [0.29, 0.717) is 28.7 Å². The molecule has 1 aliphatic rings. The molecule has 9 heteroatoms. The first kappa shape index (κ1) is 20.1. The fraction of sp³-hybridized carbons (Fsp3) is 0.217. The highest BCUT2D eigenvalue weighted by Crippen LogP contribution is 2.32. The van der Waals surface area contributed by atoms with E-state index in [9.17, 15) is 4.39 Å². The lowest BCUT2D eigenvalue weighted by atomic mass is 10.2. The van der Waals surface area contributed by atoms with Crippen LogP contribution in [0.5, 0.6) is 5.75 Å². The number of hydrogen-bond donors (Lipinski definition) is 3. The number of ether oxygens (including phenoxy) is 1. The number of rotatable bonds is 6. The largest absolute Gasteiger partial charge is 0.494 e. The molecular weight excluding hydrogens is 409 g/mol. The van der Waals surface area contributed by atoms with Crippen LogP contribution in [0.4, 0.5) is 21.7 Å². The summed E-state index contributed by atoms with van der Waals surface area (Å²) in [6.45, 7) is 1.84. The van der Waals surface area contributed by atoms with Gasteiger partial charge in [-0.2, -0.15) is 0 Å². The molecule has 1 atom stereocenters. The van der Waals surface area contributed by atoms with Crippen LogP contribution >= 0.6 is 0 Å². The molecule has 4 heterocycles. The van der Waals surface area contributed by atoms with Gasteiger partial charge in [-0.25, -0.2) is 19.3 Å². The average Bonchev–Trinajstić information content (AvgIpc) is 3.33. The van der Waals surface area contributed by atoms with E-state index < -0.39 is 0 Å². The quantitative estimate of drug-likeness (QED) is 0.425. The Bertz CT molecular complexity index is 1240. The second-order valence-electron chi connectivity index (χ2n) is 7.53. The number of methoxy groups -OCH3 is 1. The lowest BCUT2D eigenvalue weighted by molar-refractivity contribution is 0.418. The van der Waals surface area contributed by atoms with Crippen molar-refractivity contribution in [3.63, 3.8) is 0 Å². The normalized spacial score (nSPS) is 15.6. The summed E-state index contributed by atoms with van der Waals surface area (Å²) in [5, 5.41) is 10.9. The second kappa shape index (κ2) is 8.72. The molecule has 1 fully saturated rings. The Morgan fingerprint density at radius 3 is 2.78 bits per heavy atom. The van der Waals surface area contributed by atoms with Crippen molar-refractivity contribution in [3.05, 3.63) is 60.8 Å². The molecule has 0 saturated carbocycles. The van der Waals surface area contributed by atoms with Gasteiger partial charge in [0.2, 0.25) is 0 Å². The molecule has 4 aromatic rings. The van der Waals surface area contributed by atoms with Crippen molar-refractivity contribution >= 4 is 28.2 Å². The van der Waals surface area contributed by atoms with Crippen molar-refractivity contribution in [1.29, 1.82) is 0 Å². The van der Waals surface area contributed by atoms with Gasteiger partial charge in [-0.3, -0.25) is 4.98 Å². The van der Waals surface area contributed by atoms with Crippen LogP contribution in [0.1, 0.15) is 6.42 Å². The summed E-state index contributed by atoms with van der Waals surface area (Å²) in [5.41, 5.74) is 2.22. The predicted molar refractivity (Wildman–Crippen MR) is 122 cm³/mol. The van der Waals surface area contributed by atoms with Gasteiger partial charge in [-0.05, 0) is 49.4 Å². The fourth-order valence-electron chi connectivity index (χ4n) is 3.73. The Morgan fingerprint density at radius 2 is 2.00 bits per heavy atom. The lowest BCUT2D eigenvalue weighted by Crippen LogP contribution is -2.23. The molecule has 1 saturated heterocycles. The molecule has 0 amide bonds. The van der Waals surface area contributed by atoms with Crippen LogP contribution in [-0.2, 0) is 0 Å². The summed E-state index contributed by atoms with van der Waals surface area (Å²) in [7, 11) is 1.61. The average molecular weight is 431 g/mol. The molecule has 5 rings (SSSR count). The minimum atomic E-state index is -0.289. The van der Waals surface area contributed by atoms with E-state index in [0.717, 1.165) is 36.1 Å². The van der Waals surface area contributed by atoms with Gasteiger partial charge in [0.05, 0.1) is 30.4 Å². The first-order valence-electron chi connectivity index (χ1n) is 10.4. The zero-order valence-corrected chi connectivity index (χ0v) is 17.5. The number of fused-ring (bicyclic) bond motifs is 1. The highest BCUT2D eigenvalue weighted by atomic mass is 19.1. The van der Waals surface area contributed by atoms with E-state index in [1.54, 1.807) is 37.8 Å². The van der Waals surface area contributed by atoms with Crippen molar-refractivity contribution < 1.29 is 9.13 Å². The first-order valence-corrected chi connectivity index (χ1v) is 10.4. The fourth-order valence-corrected chi connectivity index (χ4v) is 3.73. The molecule has 1 aliphatic heterocycles. The molecular formula is C23H22FN7O. The Labute approximate surface area is 184 Å². The molecule has 162 valence electrons. The van der Waals surface area contributed by atoms with Crippen LogP contribution in [0.2, 0.25) is 0 Å². The highest BCUT2D eigenvalue weighted by Gasteiger charge is 2.20. The van der Waals surface area contributed by atoms with Gasteiger partial charge in [-0.15, -0.1) is 0 Å². The summed E-state index contributed by atoms with van der Waals surface area (Å²) in [5.74, 6) is 2.20. The minimum absolute atomic E-state index is 0.270. The monoisotopic (exact) mass is 431 g/mol. The third-order valence-corrected chi connectivity index (χ3v) is 5.33. The van der Waals surface area contributed by atoms with Gasteiger partial charge in [0.1, 0.15) is 23.2 Å². The standard InChI is InChI=1S/C23H22FN7O/c1-32-19-13-26-12-18-21(19)23(29-17-7-8-25-11-17)31-22(30-18)14-6-9-27-20(10-14)28-16-4-2-15(24)3-5-16/h2-6,9-10,12-13,17,25H,7-8,11H2,1H3,(H,27,28)(H,29,30,31). The van der Waals surface area contributed by atoms with E-state index in [-0.39, 0.29) is 11.9 Å². The van der Waals surface area contributed by atoms with E-state index in [4.69, 9.17) is 14.7 Å². The summed E-state index contributed by atoms with van der Waals surface area (Å²) in [6, 6.07) is 10.1. The molecule has 3 aromatic heterocycles. The van der Waals surface area contributed by atoms with E-state index in [2.05, 4.69) is 25.9 Å². The Kier molecular flexibility index (Phi) is 5.47. The Balaban J connectivity index is 1.54. The molecule has 1 unspecified atom stereocenters. The number of hydrogen-bond acceptors (Lipinski definition) is 8. The lowest BCUT2D eigenvalue weighted by Gasteiger charge is -2.16. The van der Waals surface area contributed by atoms with Gasteiger partial charge in [0.25, 0.3) is 0 Å². The highest BCUT2D eigenvalue weighted by molar-refractivity contribution is 5.95. The smallest absolute Gasteiger partial charge is 0.162 e. The minimum Gasteiger partial charge on any atom is -0.494 e. The van der Waals surface area contributed by atoms with Crippen LogP contribution in [0.3, 0.4) is 0 Å². The van der Waals surface area contributed by atoms with Crippen molar-refractivity contribution in [2.24, 2.45) is 0 Å². The van der Waals surface area contributed by atoms with Gasteiger partial charge < -0.3 is 20.7 Å². The number of pyridine rings is 2. The maximum atomic E-state index is 13.2. The second-order valence-corrected chi connectivity index (χ2v) is 7.53. The maximum Gasteiger partial charge on any atom is 0.162 e. The zero-order chi connectivity index (χ0) is 21.9. The van der Waals surface area contributed by atoms with Crippen molar-refractivity contribution in [2.75, 3.05) is 30.8 Å². The molecule has 32 heavy (non-hydrogen) atoms. The number of benzene rings is 1. The Hall–Kier alpha value is -3.85. The van der Waals surface area contributed by atoms with Gasteiger partial charge >= 0.3 is 0 Å². The molecule has 8 nitrogen and oxygen atoms in total. The van der Waals surface area contributed by atoms with Crippen molar-refractivity contribution in [1.82, 2.24) is 25.3 Å². The number of halogens is 1. The number of nitrogens with zero attached hydrogens (tertiary/aromatic N) is 4. The van der Waals surface area contributed by atoms with Crippen LogP contribution in [0.25, 0.3) is 22.3 Å². The summed E-state index contributed by atoms with van der Waals surface area (Å²) in [6.07, 6.45) is 6.07. The maximum absolute atomic E-state index is 13.2. The van der Waals surface area contributed by atoms with E-state index in [1.165, 1.54) is 12.1 Å². The molecule has 0 aliphatic carbocycles. The van der Waals surface area contributed by atoms with Crippen LogP contribution in [0.15, 0.2) is 55.0 Å². The third kappa shape index (κ3) is 4.15. The summed E-state index contributed by atoms with van der Waals surface area (Å²) in [4.78, 5) is 18.2. The van der Waals surface area contributed by atoms with Crippen molar-refractivity contribution in [3.8, 4) is 17.1 Å². The van der Waals surface area contributed by atoms with Gasteiger partial charge in [0.15, 0.2) is 5.82 Å². The van der Waals surface area contributed by atoms with Gasteiger partial charge in [0, 0.05) is 30.0 Å². The number of anilines is 3. The topological polar surface area (TPSA) is 96.9 Å². The molecule has 1 aromatic carbocycles. The summed E-state index contributed by atoms with van der Waals surface area (Å²) < 4.78 is 18.7. The molecule has 3 N–H and O–H groups in total. The third-order valence-electron chi connectivity index (χ3n) is 5.33. The predicted octanol–water partition coefficient (Wildman–Crippen LogP) is 3.75. The van der Waals surface area contributed by atoms with Crippen LogP contribution in [-0.4, -0.2) is 46.2 Å². The SMILES string of the molecule is COc1cncc2nc(-c3ccnc(Nc4ccc(F)cc4)c3)nc(NC3CCNC3)c12. The van der Waals surface area contributed by atoms with Gasteiger partial charge in [-0.1, -0.05) is 0 Å². The van der Waals surface area contributed by atoms with Crippen molar-refractivity contribution in [2.45, 2.75) is 12.5 Å². The van der Waals surface area contributed by atoms with Crippen LogP contribution < -0.4 is 20.7 Å². The van der Waals surface area contributed by atoms with E-state index in [1.807, 2.05) is 12.1 Å². The van der Waals surface area contributed by atoms with Crippen LogP contribution in [0, 0.1) is 5.82 Å².